The smallest absolute Gasteiger partial charge is 0.311 e. The molecule has 0 aliphatic rings. The zero-order valence-corrected chi connectivity index (χ0v) is 20.1. The number of hydrogen-bond donors (Lipinski definition) is 0. The highest BCUT2D eigenvalue weighted by atomic mass is 35.5. The van der Waals surface area contributed by atoms with Gasteiger partial charge in [-0.3, -0.25) is 9.59 Å². The average molecular weight is 480 g/mol. The first kappa shape index (κ1) is 27.1. The van der Waals surface area contributed by atoms with E-state index in [1.807, 2.05) is 0 Å². The largest absolute Gasteiger partial charge is 0.466 e. The second-order valence-electron chi connectivity index (χ2n) is 7.43. The van der Waals surface area contributed by atoms with Crippen LogP contribution in [0.2, 0.25) is 15.1 Å². The van der Waals surface area contributed by atoms with Gasteiger partial charge in [-0.2, -0.15) is 0 Å². The molecule has 0 radical (unpaired) electrons. The third-order valence-electron chi connectivity index (χ3n) is 4.71. The molecule has 0 amide bonds. The van der Waals surface area contributed by atoms with Crippen LogP contribution in [-0.4, -0.2) is 18.5 Å². The van der Waals surface area contributed by atoms with Gasteiger partial charge in [-0.1, -0.05) is 93.1 Å². The summed E-state index contributed by atoms with van der Waals surface area (Å²) in [6, 6.07) is 2.95. The molecule has 0 aromatic heterocycles. The van der Waals surface area contributed by atoms with Gasteiger partial charge in [0.1, 0.15) is 5.75 Å². The monoisotopic (exact) mass is 478 g/mol. The summed E-state index contributed by atoms with van der Waals surface area (Å²) in [5, 5.41) is 0.749. The Labute approximate surface area is 195 Å². The van der Waals surface area contributed by atoms with Crippen LogP contribution in [0.1, 0.15) is 90.4 Å². The Morgan fingerprint density at radius 2 is 1.23 bits per heavy atom. The van der Waals surface area contributed by atoms with E-state index in [1.165, 1.54) is 31.4 Å². The van der Waals surface area contributed by atoms with E-state index in [-0.39, 0.29) is 27.0 Å². The number of benzene rings is 1. The van der Waals surface area contributed by atoms with Crippen LogP contribution >= 0.6 is 34.8 Å². The first-order valence-electron chi connectivity index (χ1n) is 10.9. The molecule has 7 heteroatoms. The van der Waals surface area contributed by atoms with Gasteiger partial charge in [-0.05, 0) is 19.3 Å². The van der Waals surface area contributed by atoms with Crippen LogP contribution in [0.3, 0.4) is 0 Å². The van der Waals surface area contributed by atoms with Crippen molar-refractivity contribution in [2.24, 2.45) is 0 Å². The molecular formula is C23H33Cl3O4. The fraction of sp³-hybridized carbons (Fsp3) is 0.652. The standard InChI is InChI=1S/C23H33Cl3O4/c1-2-3-4-9-12-15-29-21(27)13-10-7-5-6-8-11-14-22(28)30-18-16-19(24)23(26)20(25)17-18/h16-17H,2-15H2,1H3. The van der Waals surface area contributed by atoms with Gasteiger partial charge in [0, 0.05) is 25.0 Å². The maximum absolute atomic E-state index is 11.9. The Kier molecular flexibility index (Phi) is 15.1. The molecule has 0 bridgehead atoms. The van der Waals surface area contributed by atoms with Crippen molar-refractivity contribution >= 4 is 46.7 Å². The van der Waals surface area contributed by atoms with Gasteiger partial charge in [0.15, 0.2) is 0 Å². The summed E-state index contributed by atoms with van der Waals surface area (Å²) in [5.74, 6) is -0.107. The van der Waals surface area contributed by atoms with Gasteiger partial charge in [-0.25, -0.2) is 0 Å². The lowest BCUT2D eigenvalue weighted by Gasteiger charge is -2.07. The zero-order chi connectivity index (χ0) is 22.2. The zero-order valence-electron chi connectivity index (χ0n) is 17.8. The Morgan fingerprint density at radius 3 is 1.83 bits per heavy atom. The third kappa shape index (κ3) is 12.7. The minimum atomic E-state index is -0.318. The lowest BCUT2D eigenvalue weighted by molar-refractivity contribution is -0.144. The summed E-state index contributed by atoms with van der Waals surface area (Å²) in [5.41, 5.74) is 0. The molecule has 0 fully saturated rings. The molecular weight excluding hydrogens is 447 g/mol. The third-order valence-corrected chi connectivity index (χ3v) is 5.91. The van der Waals surface area contributed by atoms with Crippen molar-refractivity contribution in [2.75, 3.05) is 6.61 Å². The van der Waals surface area contributed by atoms with E-state index < -0.39 is 0 Å². The minimum Gasteiger partial charge on any atom is -0.466 e. The van der Waals surface area contributed by atoms with Crippen molar-refractivity contribution < 1.29 is 19.1 Å². The second kappa shape index (κ2) is 16.7. The number of rotatable bonds is 16. The van der Waals surface area contributed by atoms with E-state index >= 15 is 0 Å². The van der Waals surface area contributed by atoms with Crippen molar-refractivity contribution in [1.29, 1.82) is 0 Å². The van der Waals surface area contributed by atoms with E-state index in [4.69, 9.17) is 44.3 Å². The van der Waals surface area contributed by atoms with Crippen molar-refractivity contribution in [2.45, 2.75) is 90.4 Å². The molecule has 30 heavy (non-hydrogen) atoms. The first-order chi connectivity index (χ1) is 14.4. The molecule has 0 unspecified atom stereocenters. The fourth-order valence-electron chi connectivity index (χ4n) is 2.98. The highest BCUT2D eigenvalue weighted by Crippen LogP contribution is 2.34. The van der Waals surface area contributed by atoms with Crippen LogP contribution in [0.25, 0.3) is 0 Å². The lowest BCUT2D eigenvalue weighted by atomic mass is 10.1. The molecule has 1 aromatic carbocycles. The van der Waals surface area contributed by atoms with Gasteiger partial charge in [0.05, 0.1) is 21.7 Å². The van der Waals surface area contributed by atoms with Gasteiger partial charge in [0.25, 0.3) is 0 Å². The van der Waals surface area contributed by atoms with Crippen molar-refractivity contribution in [1.82, 2.24) is 0 Å². The van der Waals surface area contributed by atoms with E-state index in [0.717, 1.165) is 51.4 Å². The summed E-state index contributed by atoms with van der Waals surface area (Å²) in [4.78, 5) is 23.6. The normalized spacial score (nSPS) is 10.8. The molecule has 0 atom stereocenters. The van der Waals surface area contributed by atoms with Crippen LogP contribution in [0.15, 0.2) is 12.1 Å². The Morgan fingerprint density at radius 1 is 0.733 bits per heavy atom. The van der Waals surface area contributed by atoms with E-state index in [0.29, 0.717) is 25.2 Å². The molecule has 0 aliphatic heterocycles. The summed E-state index contributed by atoms with van der Waals surface area (Å²) in [6.45, 7) is 2.73. The number of hydrogen-bond acceptors (Lipinski definition) is 4. The van der Waals surface area contributed by atoms with Gasteiger partial charge >= 0.3 is 11.9 Å². The summed E-state index contributed by atoms with van der Waals surface area (Å²) in [6.07, 6.45) is 12.2. The highest BCUT2D eigenvalue weighted by Gasteiger charge is 2.10. The quantitative estimate of drug-likeness (QED) is 0.104. The average Bonchev–Trinajstić information content (AvgIpc) is 2.70. The molecule has 0 aliphatic carbocycles. The number of esters is 2. The van der Waals surface area contributed by atoms with E-state index in [1.54, 1.807) is 0 Å². The molecule has 4 nitrogen and oxygen atoms in total. The van der Waals surface area contributed by atoms with Crippen LogP contribution in [0, 0.1) is 0 Å². The minimum absolute atomic E-state index is 0.0874. The van der Waals surface area contributed by atoms with Crippen molar-refractivity contribution in [3.05, 3.63) is 27.2 Å². The number of carbonyl (C=O) groups excluding carboxylic acids is 2. The van der Waals surface area contributed by atoms with Crippen LogP contribution in [-0.2, 0) is 14.3 Å². The van der Waals surface area contributed by atoms with Crippen molar-refractivity contribution in [3.63, 3.8) is 0 Å². The highest BCUT2D eigenvalue weighted by molar-refractivity contribution is 6.48. The lowest BCUT2D eigenvalue weighted by Crippen LogP contribution is -2.07. The summed E-state index contributed by atoms with van der Waals surface area (Å²) >= 11 is 17.7. The molecule has 170 valence electrons. The maximum atomic E-state index is 11.9. The Bertz CT molecular complexity index is 626. The molecule has 1 aromatic rings. The number of ether oxygens (including phenoxy) is 2. The molecule has 0 N–H and O–H groups in total. The molecule has 0 saturated carbocycles. The second-order valence-corrected chi connectivity index (χ2v) is 8.62. The number of unbranched alkanes of at least 4 members (excludes halogenated alkanes) is 9. The predicted molar refractivity (Wildman–Crippen MR) is 124 cm³/mol. The van der Waals surface area contributed by atoms with Crippen LogP contribution in [0.5, 0.6) is 5.75 Å². The predicted octanol–water partition coefficient (Wildman–Crippen LogP) is 8.19. The van der Waals surface area contributed by atoms with Gasteiger partial charge < -0.3 is 9.47 Å². The summed E-state index contributed by atoms with van der Waals surface area (Å²) in [7, 11) is 0. The topological polar surface area (TPSA) is 52.6 Å². The molecule has 0 saturated heterocycles. The number of carbonyl (C=O) groups is 2. The Balaban J connectivity index is 1.98. The molecule has 1 rings (SSSR count). The van der Waals surface area contributed by atoms with Gasteiger partial charge in [0.2, 0.25) is 0 Å². The van der Waals surface area contributed by atoms with E-state index in [9.17, 15) is 9.59 Å². The summed E-state index contributed by atoms with van der Waals surface area (Å²) < 4.78 is 10.5. The van der Waals surface area contributed by atoms with E-state index in [2.05, 4.69) is 6.92 Å². The SMILES string of the molecule is CCCCCCCOC(=O)CCCCCCCCC(=O)Oc1cc(Cl)c(Cl)c(Cl)c1. The Hall–Kier alpha value is -0.970. The fourth-order valence-corrected chi connectivity index (χ4v) is 3.56. The molecule has 0 spiro atoms. The van der Waals surface area contributed by atoms with Crippen molar-refractivity contribution in [3.8, 4) is 5.75 Å². The maximum Gasteiger partial charge on any atom is 0.311 e. The van der Waals surface area contributed by atoms with Gasteiger partial charge in [-0.15, -0.1) is 0 Å². The molecule has 0 heterocycles. The van der Waals surface area contributed by atoms with Crippen LogP contribution < -0.4 is 4.74 Å². The van der Waals surface area contributed by atoms with Crippen LogP contribution in [0.4, 0.5) is 0 Å². The number of halogens is 3. The first-order valence-corrected chi connectivity index (χ1v) is 12.1.